The summed E-state index contributed by atoms with van der Waals surface area (Å²) in [4.78, 5) is 0. The first-order chi connectivity index (χ1) is 9.81. The first-order valence-corrected chi connectivity index (χ1v) is 8.34. The van der Waals surface area contributed by atoms with Crippen LogP contribution in [-0.2, 0) is 0 Å². The van der Waals surface area contributed by atoms with Crippen molar-refractivity contribution in [3.63, 3.8) is 0 Å². The van der Waals surface area contributed by atoms with Crippen molar-refractivity contribution in [2.75, 3.05) is 20.2 Å². The highest BCUT2D eigenvalue weighted by molar-refractivity contribution is 7.71. The lowest BCUT2D eigenvalue weighted by molar-refractivity contribution is 0.417. The molecule has 20 heavy (non-hydrogen) atoms. The second-order valence-electron chi connectivity index (χ2n) is 4.46. The van der Waals surface area contributed by atoms with Gasteiger partial charge in [0.2, 0.25) is 0 Å². The van der Waals surface area contributed by atoms with Crippen LogP contribution in [0.3, 0.4) is 0 Å². The van der Waals surface area contributed by atoms with Crippen LogP contribution in [0.15, 0.2) is 54.6 Å². The van der Waals surface area contributed by atoms with E-state index >= 15 is 0 Å². The molecular formula is C17H22NOP. The van der Waals surface area contributed by atoms with Gasteiger partial charge in [-0.25, -0.2) is 0 Å². The van der Waals surface area contributed by atoms with Crippen molar-refractivity contribution in [2.24, 2.45) is 0 Å². The Bertz CT molecular complexity index is 526. The molecule has 0 bridgehead atoms. The van der Waals surface area contributed by atoms with E-state index in [1.165, 1.54) is 10.6 Å². The Hall–Kier alpha value is -1.37. The number of rotatable bonds is 6. The smallest absolute Gasteiger partial charge is 0.128 e. The van der Waals surface area contributed by atoms with Gasteiger partial charge in [0.1, 0.15) is 5.75 Å². The van der Waals surface area contributed by atoms with Gasteiger partial charge in [0.25, 0.3) is 0 Å². The van der Waals surface area contributed by atoms with Crippen LogP contribution >= 0.6 is 8.07 Å². The lowest BCUT2D eigenvalue weighted by atomic mass is 10.3. The molecule has 0 aliphatic rings. The third kappa shape index (κ3) is 3.20. The molecule has 0 fully saturated rings. The van der Waals surface area contributed by atoms with Crippen LogP contribution < -0.4 is 15.3 Å². The summed E-state index contributed by atoms with van der Waals surface area (Å²) in [5, 5.41) is 2.66. The topological polar surface area (TPSA) is 12.5 Å². The largest absolute Gasteiger partial charge is 0.496 e. The molecule has 0 saturated carbocycles. The van der Waals surface area contributed by atoms with E-state index in [0.717, 1.165) is 18.8 Å². The van der Waals surface area contributed by atoms with E-state index in [0.29, 0.717) is 0 Å². The van der Waals surface area contributed by atoms with E-state index in [4.69, 9.17) is 4.74 Å². The number of para-hydroxylation sites is 1. The molecule has 2 nitrogen and oxygen atoms in total. The normalized spacial score (nSPS) is 12.4. The van der Waals surface area contributed by atoms with E-state index in [1.807, 2.05) is 6.07 Å². The minimum atomic E-state index is -0.533. The van der Waals surface area contributed by atoms with E-state index < -0.39 is 8.07 Å². The molecule has 0 saturated heterocycles. The molecule has 0 radical (unpaired) electrons. The van der Waals surface area contributed by atoms with Crippen molar-refractivity contribution >= 4 is 18.7 Å². The molecule has 106 valence electrons. The van der Waals surface area contributed by atoms with Crippen molar-refractivity contribution in [1.82, 2.24) is 4.67 Å². The number of hydrogen-bond donors (Lipinski definition) is 0. The Morgan fingerprint density at radius 3 is 2.10 bits per heavy atom. The van der Waals surface area contributed by atoms with Gasteiger partial charge in [-0.15, -0.1) is 0 Å². The van der Waals surface area contributed by atoms with E-state index in [-0.39, 0.29) is 0 Å². The van der Waals surface area contributed by atoms with Crippen LogP contribution in [0.25, 0.3) is 0 Å². The van der Waals surface area contributed by atoms with Gasteiger partial charge in [-0.05, 0) is 30.5 Å². The van der Waals surface area contributed by atoms with Crippen molar-refractivity contribution in [1.29, 1.82) is 0 Å². The van der Waals surface area contributed by atoms with Crippen molar-refractivity contribution in [3.8, 4) is 5.75 Å². The van der Waals surface area contributed by atoms with Gasteiger partial charge in [-0.3, -0.25) is 4.67 Å². The molecule has 0 aliphatic carbocycles. The van der Waals surface area contributed by atoms with Crippen molar-refractivity contribution in [3.05, 3.63) is 54.6 Å². The monoisotopic (exact) mass is 287 g/mol. The summed E-state index contributed by atoms with van der Waals surface area (Å²) in [5.74, 6) is 0.981. The molecule has 3 heteroatoms. The van der Waals surface area contributed by atoms with Gasteiger partial charge in [0.15, 0.2) is 0 Å². The zero-order chi connectivity index (χ0) is 14.4. The zero-order valence-electron chi connectivity index (χ0n) is 12.4. The van der Waals surface area contributed by atoms with Gasteiger partial charge in [-0.2, -0.15) is 0 Å². The molecular weight excluding hydrogens is 265 g/mol. The number of nitrogens with zero attached hydrogens (tertiary/aromatic N) is 1. The Balaban J connectivity index is 2.51. The maximum atomic E-state index is 5.58. The standard InChI is InChI=1S/C17H22NOP/c1-4-18(5-2)20(15-11-7-6-8-12-15)17-14-10-9-13-16(17)19-3/h6-14H,4-5H2,1-3H3. The molecule has 0 aromatic heterocycles. The van der Waals surface area contributed by atoms with Crippen LogP contribution in [-0.4, -0.2) is 24.9 Å². The lowest BCUT2D eigenvalue weighted by Gasteiger charge is -2.31. The molecule has 2 aromatic rings. The molecule has 1 unspecified atom stereocenters. The number of benzene rings is 2. The number of methoxy groups -OCH3 is 1. The Morgan fingerprint density at radius 1 is 0.900 bits per heavy atom. The minimum Gasteiger partial charge on any atom is -0.496 e. The van der Waals surface area contributed by atoms with E-state index in [2.05, 4.69) is 67.0 Å². The molecule has 0 heterocycles. The van der Waals surface area contributed by atoms with Crippen molar-refractivity contribution in [2.45, 2.75) is 13.8 Å². The summed E-state index contributed by atoms with van der Waals surface area (Å²) in [6.45, 7) is 6.51. The zero-order valence-corrected chi connectivity index (χ0v) is 13.3. The predicted molar refractivity (Wildman–Crippen MR) is 88.5 cm³/mol. The fourth-order valence-corrected chi connectivity index (χ4v) is 4.87. The van der Waals surface area contributed by atoms with Crippen LogP contribution in [0.1, 0.15) is 13.8 Å². The fraction of sp³-hybridized carbons (Fsp3) is 0.294. The maximum absolute atomic E-state index is 5.58. The number of hydrogen-bond acceptors (Lipinski definition) is 2. The van der Waals surface area contributed by atoms with Crippen LogP contribution in [0, 0.1) is 0 Å². The SMILES string of the molecule is CCN(CC)P(c1ccccc1)c1ccccc1OC. The van der Waals surface area contributed by atoms with Gasteiger partial charge < -0.3 is 4.74 Å². The Kier molecular flexibility index (Phi) is 5.58. The molecule has 0 aliphatic heterocycles. The third-order valence-electron chi connectivity index (χ3n) is 3.33. The van der Waals surface area contributed by atoms with Crippen molar-refractivity contribution < 1.29 is 4.74 Å². The molecule has 0 spiro atoms. The van der Waals surface area contributed by atoms with Gasteiger partial charge in [0.05, 0.1) is 7.11 Å². The highest BCUT2D eigenvalue weighted by Gasteiger charge is 2.22. The highest BCUT2D eigenvalue weighted by atomic mass is 31.1. The summed E-state index contributed by atoms with van der Waals surface area (Å²) in [6, 6.07) is 19.1. The summed E-state index contributed by atoms with van der Waals surface area (Å²) in [7, 11) is 1.22. The first kappa shape index (κ1) is 15.0. The maximum Gasteiger partial charge on any atom is 0.128 e. The summed E-state index contributed by atoms with van der Waals surface area (Å²) in [6.07, 6.45) is 0. The second-order valence-corrected chi connectivity index (χ2v) is 6.65. The van der Waals surface area contributed by atoms with Gasteiger partial charge in [0, 0.05) is 13.4 Å². The minimum absolute atomic E-state index is 0.533. The Morgan fingerprint density at radius 2 is 1.50 bits per heavy atom. The van der Waals surface area contributed by atoms with Gasteiger partial charge >= 0.3 is 0 Å². The fourth-order valence-electron chi connectivity index (χ4n) is 2.34. The van der Waals surface area contributed by atoms with Gasteiger partial charge in [-0.1, -0.05) is 56.3 Å². The van der Waals surface area contributed by atoms with E-state index in [1.54, 1.807) is 7.11 Å². The summed E-state index contributed by atoms with van der Waals surface area (Å²) in [5.41, 5.74) is 0. The lowest BCUT2D eigenvalue weighted by Crippen LogP contribution is -2.29. The van der Waals surface area contributed by atoms with Crippen LogP contribution in [0.2, 0.25) is 0 Å². The predicted octanol–water partition coefficient (Wildman–Crippen LogP) is 3.38. The molecule has 0 N–H and O–H groups in total. The van der Waals surface area contributed by atoms with E-state index in [9.17, 15) is 0 Å². The molecule has 1 atom stereocenters. The first-order valence-electron chi connectivity index (χ1n) is 7.04. The molecule has 2 aromatic carbocycles. The Labute approximate surface area is 123 Å². The summed E-state index contributed by atoms with van der Waals surface area (Å²) >= 11 is 0. The quantitative estimate of drug-likeness (QED) is 0.755. The molecule has 2 rings (SSSR count). The van der Waals surface area contributed by atoms with Crippen LogP contribution in [0.4, 0.5) is 0 Å². The average molecular weight is 287 g/mol. The van der Waals surface area contributed by atoms with Crippen LogP contribution in [0.5, 0.6) is 5.75 Å². The number of ether oxygens (including phenoxy) is 1. The summed E-state index contributed by atoms with van der Waals surface area (Å²) < 4.78 is 8.09. The third-order valence-corrected chi connectivity index (χ3v) is 6.07. The highest BCUT2D eigenvalue weighted by Crippen LogP contribution is 2.40. The molecule has 0 amide bonds. The second kappa shape index (κ2) is 7.42. The average Bonchev–Trinajstić information content (AvgIpc) is 2.53.